The van der Waals surface area contributed by atoms with Gasteiger partial charge in [-0.2, -0.15) is 0 Å². The second kappa shape index (κ2) is 5.96. The Kier molecular flexibility index (Phi) is 5.29. The summed E-state index contributed by atoms with van der Waals surface area (Å²) in [7, 11) is 4.93. The van der Waals surface area contributed by atoms with Crippen LogP contribution in [0.4, 0.5) is 0 Å². The standard InChI is InChI=1S/C10H15NO3/c1-8(12)9(10(13)14-4)6-5-7-11(2)3/h5-7H,1-4H3/b7-5+,9-6-. The highest BCUT2D eigenvalue weighted by molar-refractivity contribution is 6.16. The lowest BCUT2D eigenvalue weighted by Crippen LogP contribution is -2.11. The number of methoxy groups -OCH3 is 1. The van der Waals surface area contributed by atoms with Crippen LogP contribution in [0.3, 0.4) is 0 Å². The first kappa shape index (κ1) is 12.4. The Morgan fingerprint density at radius 3 is 2.21 bits per heavy atom. The third kappa shape index (κ3) is 4.45. The molecule has 14 heavy (non-hydrogen) atoms. The van der Waals surface area contributed by atoms with E-state index in [1.165, 1.54) is 20.1 Å². The van der Waals surface area contributed by atoms with E-state index in [1.807, 2.05) is 14.1 Å². The van der Waals surface area contributed by atoms with Crippen LogP contribution < -0.4 is 0 Å². The number of hydrogen-bond donors (Lipinski definition) is 0. The number of Topliss-reactive ketones (excluding diaryl/α,β-unsaturated/α-hetero) is 1. The number of hydrogen-bond acceptors (Lipinski definition) is 4. The second-order valence-electron chi connectivity index (χ2n) is 2.93. The average molecular weight is 197 g/mol. The molecule has 78 valence electrons. The maximum Gasteiger partial charge on any atom is 0.341 e. The third-order valence-corrected chi connectivity index (χ3v) is 1.43. The van der Waals surface area contributed by atoms with Crippen LogP contribution in [0.5, 0.6) is 0 Å². The van der Waals surface area contributed by atoms with Gasteiger partial charge in [0.25, 0.3) is 0 Å². The average Bonchev–Trinajstić information content (AvgIpc) is 2.10. The molecule has 0 spiro atoms. The van der Waals surface area contributed by atoms with Crippen LogP contribution in [0, 0.1) is 0 Å². The molecule has 4 heteroatoms. The van der Waals surface area contributed by atoms with Crippen molar-refractivity contribution in [2.75, 3.05) is 21.2 Å². The minimum atomic E-state index is -0.610. The lowest BCUT2D eigenvalue weighted by Gasteiger charge is -2.02. The quantitative estimate of drug-likeness (QED) is 0.219. The van der Waals surface area contributed by atoms with E-state index in [-0.39, 0.29) is 11.4 Å². The molecular formula is C10H15NO3. The second-order valence-corrected chi connectivity index (χ2v) is 2.93. The number of nitrogens with zero attached hydrogens (tertiary/aromatic N) is 1. The van der Waals surface area contributed by atoms with E-state index in [1.54, 1.807) is 17.2 Å². The van der Waals surface area contributed by atoms with Crippen LogP contribution in [0.25, 0.3) is 0 Å². The topological polar surface area (TPSA) is 46.6 Å². The number of ether oxygens (including phenoxy) is 1. The molecule has 0 aromatic heterocycles. The summed E-state index contributed by atoms with van der Waals surface area (Å²) >= 11 is 0. The minimum absolute atomic E-state index is 0.0469. The van der Waals surface area contributed by atoms with Crippen LogP contribution in [-0.2, 0) is 14.3 Å². The Morgan fingerprint density at radius 1 is 1.29 bits per heavy atom. The van der Waals surface area contributed by atoms with Gasteiger partial charge in [0.05, 0.1) is 7.11 Å². The highest BCUT2D eigenvalue weighted by atomic mass is 16.5. The Labute approximate surface area is 83.8 Å². The first-order chi connectivity index (χ1) is 6.49. The number of allylic oxidation sites excluding steroid dienone is 2. The summed E-state index contributed by atoms with van der Waals surface area (Å²) in [5, 5.41) is 0. The predicted octanol–water partition coefficient (Wildman–Crippen LogP) is 0.750. The molecule has 0 aromatic rings. The highest BCUT2D eigenvalue weighted by Gasteiger charge is 2.12. The molecule has 0 N–H and O–H groups in total. The number of carbonyl (C=O) groups is 2. The van der Waals surface area contributed by atoms with Gasteiger partial charge in [0, 0.05) is 14.1 Å². The fourth-order valence-corrected chi connectivity index (χ4v) is 0.750. The SMILES string of the molecule is COC(=O)/C(=C\C=C\N(C)C)C(C)=O. The Hall–Kier alpha value is -1.58. The van der Waals surface area contributed by atoms with Crippen molar-refractivity contribution >= 4 is 11.8 Å². The Morgan fingerprint density at radius 2 is 1.86 bits per heavy atom. The van der Waals surface area contributed by atoms with Gasteiger partial charge in [0.15, 0.2) is 5.78 Å². The van der Waals surface area contributed by atoms with Gasteiger partial charge < -0.3 is 9.64 Å². The number of carbonyl (C=O) groups excluding carboxylic acids is 2. The molecule has 0 bridgehead atoms. The summed E-state index contributed by atoms with van der Waals surface area (Å²) in [6.45, 7) is 1.33. The molecule has 0 aliphatic heterocycles. The Balaban J connectivity index is 4.66. The van der Waals surface area contributed by atoms with Gasteiger partial charge in [-0.1, -0.05) is 0 Å². The van der Waals surface area contributed by atoms with Gasteiger partial charge in [-0.3, -0.25) is 4.79 Å². The van der Waals surface area contributed by atoms with Crippen molar-refractivity contribution < 1.29 is 14.3 Å². The molecule has 0 heterocycles. The first-order valence-corrected chi connectivity index (χ1v) is 4.13. The van der Waals surface area contributed by atoms with Crippen molar-refractivity contribution in [1.82, 2.24) is 4.90 Å². The fraction of sp³-hybridized carbons (Fsp3) is 0.400. The lowest BCUT2D eigenvalue weighted by molar-refractivity contribution is -0.137. The summed E-state index contributed by atoms with van der Waals surface area (Å²) in [6, 6.07) is 0. The summed E-state index contributed by atoms with van der Waals surface area (Å²) < 4.78 is 4.46. The molecule has 0 aromatic carbocycles. The van der Waals surface area contributed by atoms with Crippen molar-refractivity contribution in [3.05, 3.63) is 23.9 Å². The van der Waals surface area contributed by atoms with Gasteiger partial charge in [-0.25, -0.2) is 4.79 Å². The molecule has 0 unspecified atom stereocenters. The van der Waals surface area contributed by atoms with Crippen LogP contribution in [-0.4, -0.2) is 37.9 Å². The van der Waals surface area contributed by atoms with Crippen LogP contribution >= 0.6 is 0 Å². The minimum Gasteiger partial charge on any atom is -0.465 e. The number of esters is 1. The van der Waals surface area contributed by atoms with Gasteiger partial charge in [-0.05, 0) is 25.3 Å². The summed E-state index contributed by atoms with van der Waals surface area (Å²) in [4.78, 5) is 23.9. The zero-order chi connectivity index (χ0) is 11.1. The molecule has 0 saturated carbocycles. The van der Waals surface area contributed by atoms with E-state index in [0.29, 0.717) is 0 Å². The van der Waals surface area contributed by atoms with E-state index in [2.05, 4.69) is 4.74 Å². The normalized spacial score (nSPS) is 11.6. The first-order valence-electron chi connectivity index (χ1n) is 4.13. The number of rotatable bonds is 4. The largest absolute Gasteiger partial charge is 0.465 e. The van der Waals surface area contributed by atoms with Crippen LogP contribution in [0.1, 0.15) is 6.92 Å². The maximum absolute atomic E-state index is 11.1. The van der Waals surface area contributed by atoms with Crippen molar-refractivity contribution in [1.29, 1.82) is 0 Å². The molecule has 0 amide bonds. The van der Waals surface area contributed by atoms with E-state index in [0.717, 1.165) is 0 Å². The Bertz CT molecular complexity index is 277. The lowest BCUT2D eigenvalue weighted by atomic mass is 10.2. The molecule has 4 nitrogen and oxygen atoms in total. The highest BCUT2D eigenvalue weighted by Crippen LogP contribution is 1.99. The zero-order valence-corrected chi connectivity index (χ0v) is 8.90. The molecule has 0 fully saturated rings. The monoisotopic (exact) mass is 197 g/mol. The van der Waals surface area contributed by atoms with E-state index in [9.17, 15) is 9.59 Å². The molecule has 0 aliphatic carbocycles. The van der Waals surface area contributed by atoms with Gasteiger partial charge in [-0.15, -0.1) is 0 Å². The van der Waals surface area contributed by atoms with Crippen molar-refractivity contribution in [2.24, 2.45) is 0 Å². The van der Waals surface area contributed by atoms with Gasteiger partial charge in [0.1, 0.15) is 5.57 Å². The third-order valence-electron chi connectivity index (χ3n) is 1.43. The smallest absolute Gasteiger partial charge is 0.341 e. The van der Waals surface area contributed by atoms with Crippen LogP contribution in [0.15, 0.2) is 23.9 Å². The molecule has 0 rings (SSSR count). The van der Waals surface area contributed by atoms with E-state index >= 15 is 0 Å². The molecule has 0 atom stereocenters. The fourth-order valence-electron chi connectivity index (χ4n) is 0.750. The molecular weight excluding hydrogens is 182 g/mol. The zero-order valence-electron chi connectivity index (χ0n) is 8.90. The predicted molar refractivity (Wildman–Crippen MR) is 53.6 cm³/mol. The molecule has 0 saturated heterocycles. The van der Waals surface area contributed by atoms with Crippen molar-refractivity contribution in [2.45, 2.75) is 6.92 Å². The van der Waals surface area contributed by atoms with E-state index < -0.39 is 5.97 Å². The van der Waals surface area contributed by atoms with Crippen molar-refractivity contribution in [3.8, 4) is 0 Å². The van der Waals surface area contributed by atoms with Crippen molar-refractivity contribution in [3.63, 3.8) is 0 Å². The number of ketones is 1. The van der Waals surface area contributed by atoms with E-state index in [4.69, 9.17) is 0 Å². The maximum atomic E-state index is 11.1. The summed E-state index contributed by atoms with van der Waals surface area (Å²) in [6.07, 6.45) is 4.79. The molecule has 0 radical (unpaired) electrons. The summed E-state index contributed by atoms with van der Waals surface area (Å²) in [5.41, 5.74) is 0.0469. The molecule has 0 aliphatic rings. The van der Waals surface area contributed by atoms with Crippen LogP contribution in [0.2, 0.25) is 0 Å². The summed E-state index contributed by atoms with van der Waals surface area (Å²) in [5.74, 6) is -0.916. The van der Waals surface area contributed by atoms with Gasteiger partial charge in [0.2, 0.25) is 0 Å². The van der Waals surface area contributed by atoms with Gasteiger partial charge >= 0.3 is 5.97 Å².